The van der Waals surface area contributed by atoms with Crippen LogP contribution in [0.25, 0.3) is 0 Å². The molecule has 2 nitrogen and oxygen atoms in total. The SMILES string of the molecule is CCCCCC1CCC(C2CCC(C(=O)OC3CCC(C4CCC(CCC)CC4)CC3)CC2)CC1. The van der Waals surface area contributed by atoms with Crippen LogP contribution in [0.3, 0.4) is 0 Å². The second kappa shape index (κ2) is 14.4. The predicted octanol–water partition coefficient (Wildman–Crippen LogP) is 9.89. The van der Waals surface area contributed by atoms with E-state index in [1.54, 1.807) is 0 Å². The Balaban J connectivity index is 1.09. The van der Waals surface area contributed by atoms with Crippen molar-refractivity contribution in [2.45, 2.75) is 161 Å². The van der Waals surface area contributed by atoms with Gasteiger partial charge in [0.15, 0.2) is 0 Å². The third-order valence-corrected chi connectivity index (χ3v) is 11.1. The molecule has 0 spiro atoms. The van der Waals surface area contributed by atoms with E-state index in [2.05, 4.69) is 13.8 Å². The molecule has 0 N–H and O–H groups in total. The molecule has 4 aliphatic rings. The van der Waals surface area contributed by atoms with Crippen LogP contribution in [0, 0.1) is 41.4 Å². The molecular weight excluding hydrogens is 428 g/mol. The van der Waals surface area contributed by atoms with Gasteiger partial charge in [-0.15, -0.1) is 0 Å². The first-order valence-corrected chi connectivity index (χ1v) is 16.4. The van der Waals surface area contributed by atoms with Crippen LogP contribution in [0.1, 0.15) is 155 Å². The normalized spacial score (nSPS) is 38.7. The first-order valence-electron chi connectivity index (χ1n) is 16.4. The number of carbonyl (C=O) groups is 1. The first kappa shape index (κ1) is 27.5. The number of hydrogen-bond donors (Lipinski definition) is 0. The van der Waals surface area contributed by atoms with Crippen LogP contribution in [0.4, 0.5) is 0 Å². The second-order valence-electron chi connectivity index (χ2n) is 13.4. The Labute approximate surface area is 218 Å². The molecule has 0 radical (unpaired) electrons. The van der Waals surface area contributed by atoms with E-state index in [4.69, 9.17) is 4.74 Å². The van der Waals surface area contributed by atoms with Gasteiger partial charge in [-0.25, -0.2) is 0 Å². The minimum atomic E-state index is 0.159. The van der Waals surface area contributed by atoms with E-state index in [9.17, 15) is 4.79 Å². The summed E-state index contributed by atoms with van der Waals surface area (Å²) in [5, 5.41) is 0. The average molecular weight is 487 g/mol. The largest absolute Gasteiger partial charge is 0.462 e. The van der Waals surface area contributed by atoms with Crippen molar-refractivity contribution in [3.8, 4) is 0 Å². The Kier molecular flexibility index (Phi) is 11.3. The second-order valence-corrected chi connectivity index (χ2v) is 13.4. The van der Waals surface area contributed by atoms with Gasteiger partial charge in [0.25, 0.3) is 0 Å². The lowest BCUT2D eigenvalue weighted by molar-refractivity contribution is -0.158. The lowest BCUT2D eigenvalue weighted by atomic mass is 9.68. The maximum atomic E-state index is 13.0. The van der Waals surface area contributed by atoms with Crippen molar-refractivity contribution in [2.75, 3.05) is 0 Å². The molecule has 0 unspecified atom stereocenters. The van der Waals surface area contributed by atoms with Gasteiger partial charge in [0.05, 0.1) is 5.92 Å². The predicted molar refractivity (Wildman–Crippen MR) is 147 cm³/mol. The molecule has 4 saturated carbocycles. The van der Waals surface area contributed by atoms with E-state index >= 15 is 0 Å². The van der Waals surface area contributed by atoms with Crippen LogP contribution < -0.4 is 0 Å². The Bertz CT molecular complexity index is 582. The average Bonchev–Trinajstić information content (AvgIpc) is 2.90. The highest BCUT2D eigenvalue weighted by molar-refractivity contribution is 5.72. The van der Waals surface area contributed by atoms with Crippen molar-refractivity contribution >= 4 is 5.97 Å². The molecule has 0 amide bonds. The van der Waals surface area contributed by atoms with Gasteiger partial charge in [0.1, 0.15) is 6.10 Å². The van der Waals surface area contributed by atoms with Crippen LogP contribution in [-0.4, -0.2) is 12.1 Å². The molecule has 4 fully saturated rings. The molecule has 0 heterocycles. The number of ether oxygens (including phenoxy) is 1. The molecule has 0 saturated heterocycles. The van der Waals surface area contributed by atoms with Crippen LogP contribution in [0.15, 0.2) is 0 Å². The summed E-state index contributed by atoms with van der Waals surface area (Å²) in [5.74, 6) is 6.07. The van der Waals surface area contributed by atoms with E-state index in [-0.39, 0.29) is 18.0 Å². The summed E-state index contributed by atoms with van der Waals surface area (Å²) in [4.78, 5) is 13.0. The van der Waals surface area contributed by atoms with E-state index in [1.807, 2.05) is 0 Å². The molecule has 0 atom stereocenters. The van der Waals surface area contributed by atoms with Gasteiger partial charge in [0, 0.05) is 0 Å². The zero-order valence-corrected chi connectivity index (χ0v) is 23.5. The van der Waals surface area contributed by atoms with E-state index in [0.717, 1.165) is 61.2 Å². The summed E-state index contributed by atoms with van der Waals surface area (Å²) in [5.41, 5.74) is 0. The van der Waals surface area contributed by atoms with Crippen LogP contribution >= 0.6 is 0 Å². The molecule has 0 aromatic heterocycles. The lowest BCUT2D eigenvalue weighted by Gasteiger charge is -2.39. The highest BCUT2D eigenvalue weighted by Gasteiger charge is 2.36. The molecule has 35 heavy (non-hydrogen) atoms. The fourth-order valence-corrected chi connectivity index (χ4v) is 8.75. The van der Waals surface area contributed by atoms with Crippen LogP contribution in [0.2, 0.25) is 0 Å². The monoisotopic (exact) mass is 486 g/mol. The van der Waals surface area contributed by atoms with Gasteiger partial charge < -0.3 is 4.74 Å². The fourth-order valence-electron chi connectivity index (χ4n) is 8.75. The third-order valence-electron chi connectivity index (χ3n) is 11.1. The molecule has 0 aliphatic heterocycles. The van der Waals surface area contributed by atoms with Crippen molar-refractivity contribution < 1.29 is 9.53 Å². The number of rotatable bonds is 10. The van der Waals surface area contributed by atoms with Crippen molar-refractivity contribution in [1.82, 2.24) is 0 Å². The first-order chi connectivity index (χ1) is 17.2. The summed E-state index contributed by atoms with van der Waals surface area (Å²) in [6.07, 6.45) is 30.0. The van der Waals surface area contributed by atoms with E-state index in [1.165, 1.54) is 116 Å². The van der Waals surface area contributed by atoms with E-state index < -0.39 is 0 Å². The van der Waals surface area contributed by atoms with Crippen molar-refractivity contribution in [2.24, 2.45) is 41.4 Å². The van der Waals surface area contributed by atoms with Crippen molar-refractivity contribution in [3.63, 3.8) is 0 Å². The van der Waals surface area contributed by atoms with Gasteiger partial charge in [0.2, 0.25) is 0 Å². The highest BCUT2D eigenvalue weighted by Crippen LogP contribution is 2.44. The summed E-state index contributed by atoms with van der Waals surface area (Å²) >= 11 is 0. The number of hydrogen-bond acceptors (Lipinski definition) is 2. The lowest BCUT2D eigenvalue weighted by Crippen LogP contribution is -2.33. The standard InChI is InChI=1S/C33H58O2/c1-3-5-6-8-26-11-15-27(16-12-26)29-17-19-31(20-18-29)33(34)35-32-23-21-30(22-24-32)28-13-9-25(7-4-2)10-14-28/h25-32H,3-24H2,1-2H3. The number of carbonyl (C=O) groups excluding carboxylic acids is 1. The Morgan fingerprint density at radius 2 is 1.00 bits per heavy atom. The Morgan fingerprint density at radius 3 is 1.49 bits per heavy atom. The zero-order valence-electron chi connectivity index (χ0n) is 23.5. The smallest absolute Gasteiger partial charge is 0.309 e. The van der Waals surface area contributed by atoms with Crippen LogP contribution in [-0.2, 0) is 9.53 Å². The number of esters is 1. The van der Waals surface area contributed by atoms with Gasteiger partial charge in [-0.05, 0) is 113 Å². The van der Waals surface area contributed by atoms with Gasteiger partial charge in [-0.2, -0.15) is 0 Å². The van der Waals surface area contributed by atoms with Crippen molar-refractivity contribution in [1.29, 1.82) is 0 Å². The molecular formula is C33H58O2. The Hall–Kier alpha value is -0.530. The maximum Gasteiger partial charge on any atom is 0.309 e. The fraction of sp³-hybridized carbons (Fsp3) is 0.970. The third kappa shape index (κ3) is 8.23. The number of unbranched alkanes of at least 4 members (excludes halogenated alkanes) is 2. The van der Waals surface area contributed by atoms with Gasteiger partial charge in [-0.3, -0.25) is 4.79 Å². The minimum Gasteiger partial charge on any atom is -0.462 e. The molecule has 0 bridgehead atoms. The van der Waals surface area contributed by atoms with Gasteiger partial charge in [-0.1, -0.05) is 78.1 Å². The minimum absolute atomic E-state index is 0.159. The highest BCUT2D eigenvalue weighted by atomic mass is 16.5. The maximum absolute atomic E-state index is 13.0. The van der Waals surface area contributed by atoms with Crippen LogP contribution in [0.5, 0.6) is 0 Å². The Morgan fingerprint density at radius 1 is 0.543 bits per heavy atom. The quantitative estimate of drug-likeness (QED) is 0.227. The topological polar surface area (TPSA) is 26.3 Å². The summed E-state index contributed by atoms with van der Waals surface area (Å²) < 4.78 is 6.12. The summed E-state index contributed by atoms with van der Waals surface area (Å²) in [7, 11) is 0. The molecule has 0 aromatic carbocycles. The van der Waals surface area contributed by atoms with Crippen molar-refractivity contribution in [3.05, 3.63) is 0 Å². The summed E-state index contributed by atoms with van der Waals surface area (Å²) in [6.45, 7) is 4.65. The van der Waals surface area contributed by atoms with Gasteiger partial charge >= 0.3 is 5.97 Å². The molecule has 4 rings (SSSR count). The zero-order chi connectivity index (χ0) is 24.5. The molecule has 2 heteroatoms. The molecule has 0 aromatic rings. The summed E-state index contributed by atoms with van der Waals surface area (Å²) in [6, 6.07) is 0. The molecule has 202 valence electrons. The van der Waals surface area contributed by atoms with E-state index in [0.29, 0.717) is 0 Å². The molecule has 4 aliphatic carbocycles.